The molecule has 2 saturated heterocycles. The first-order valence-electron chi connectivity index (χ1n) is 9.16. The van der Waals surface area contributed by atoms with Gasteiger partial charge in [-0.25, -0.2) is 4.98 Å². The maximum Gasteiger partial charge on any atom is 0.224 e. The van der Waals surface area contributed by atoms with E-state index in [0.29, 0.717) is 26.1 Å². The molecule has 1 aromatic rings. The summed E-state index contributed by atoms with van der Waals surface area (Å²) in [5.74, 6) is 1.19. The second-order valence-electron chi connectivity index (χ2n) is 6.64. The summed E-state index contributed by atoms with van der Waals surface area (Å²) in [6.07, 6.45) is 4.13. The SMILES string of the molecule is O=C(NCCC(=O)N1CCN(c2ccccn2)CC1)C1CCCNC1. The van der Waals surface area contributed by atoms with Crippen LogP contribution in [-0.2, 0) is 9.59 Å². The average molecular weight is 345 g/mol. The molecule has 1 unspecified atom stereocenters. The van der Waals surface area contributed by atoms with E-state index in [-0.39, 0.29) is 17.7 Å². The number of rotatable bonds is 5. The fourth-order valence-electron chi connectivity index (χ4n) is 3.40. The van der Waals surface area contributed by atoms with Crippen molar-refractivity contribution in [2.45, 2.75) is 19.3 Å². The van der Waals surface area contributed by atoms with Crippen LogP contribution in [0.4, 0.5) is 5.82 Å². The molecule has 2 N–H and O–H groups in total. The van der Waals surface area contributed by atoms with E-state index in [1.165, 1.54) is 0 Å². The number of hydrogen-bond acceptors (Lipinski definition) is 5. The summed E-state index contributed by atoms with van der Waals surface area (Å²) in [6, 6.07) is 5.87. The normalized spacial score (nSPS) is 21.0. The van der Waals surface area contributed by atoms with Crippen molar-refractivity contribution in [3.05, 3.63) is 24.4 Å². The standard InChI is InChI=1S/C18H27N5O2/c24-17(6-9-21-18(25)15-4-3-7-19-14-15)23-12-10-22(11-13-23)16-5-1-2-8-20-16/h1-2,5,8,15,19H,3-4,6-7,9-14H2,(H,21,25). The Morgan fingerprint density at radius 1 is 1.24 bits per heavy atom. The summed E-state index contributed by atoms with van der Waals surface area (Å²) >= 11 is 0. The third kappa shape index (κ3) is 4.92. The molecule has 0 aliphatic carbocycles. The van der Waals surface area contributed by atoms with Gasteiger partial charge in [0.05, 0.1) is 5.92 Å². The Kier molecular flexibility index (Phi) is 6.22. The second-order valence-corrected chi connectivity index (χ2v) is 6.64. The fourth-order valence-corrected chi connectivity index (χ4v) is 3.40. The molecule has 2 aliphatic rings. The van der Waals surface area contributed by atoms with Crippen LogP contribution in [0.25, 0.3) is 0 Å². The van der Waals surface area contributed by atoms with Gasteiger partial charge in [-0.3, -0.25) is 9.59 Å². The third-order valence-corrected chi connectivity index (χ3v) is 4.91. The number of aromatic nitrogens is 1. The molecule has 136 valence electrons. The molecule has 0 spiro atoms. The zero-order valence-electron chi connectivity index (χ0n) is 14.6. The molecule has 3 heterocycles. The number of carbonyl (C=O) groups is 2. The van der Waals surface area contributed by atoms with Gasteiger partial charge in [-0.15, -0.1) is 0 Å². The van der Waals surface area contributed by atoms with Crippen LogP contribution >= 0.6 is 0 Å². The average Bonchev–Trinajstić information content (AvgIpc) is 2.69. The molecule has 7 nitrogen and oxygen atoms in total. The van der Waals surface area contributed by atoms with Gasteiger partial charge in [0.2, 0.25) is 11.8 Å². The van der Waals surface area contributed by atoms with E-state index in [9.17, 15) is 9.59 Å². The van der Waals surface area contributed by atoms with Crippen LogP contribution in [0.15, 0.2) is 24.4 Å². The Morgan fingerprint density at radius 2 is 2.08 bits per heavy atom. The topological polar surface area (TPSA) is 77.6 Å². The van der Waals surface area contributed by atoms with Crippen molar-refractivity contribution in [3.63, 3.8) is 0 Å². The van der Waals surface area contributed by atoms with Crippen LogP contribution in [0.3, 0.4) is 0 Å². The zero-order valence-corrected chi connectivity index (χ0v) is 14.6. The third-order valence-electron chi connectivity index (χ3n) is 4.91. The van der Waals surface area contributed by atoms with Crippen molar-refractivity contribution in [1.29, 1.82) is 0 Å². The van der Waals surface area contributed by atoms with Crippen molar-refractivity contribution < 1.29 is 9.59 Å². The minimum atomic E-state index is 0.0470. The van der Waals surface area contributed by atoms with Gasteiger partial charge in [0.1, 0.15) is 5.82 Å². The van der Waals surface area contributed by atoms with E-state index in [1.54, 1.807) is 6.20 Å². The summed E-state index contributed by atoms with van der Waals surface area (Å²) < 4.78 is 0. The summed E-state index contributed by atoms with van der Waals surface area (Å²) in [5.41, 5.74) is 0. The smallest absolute Gasteiger partial charge is 0.224 e. The van der Waals surface area contributed by atoms with Crippen molar-refractivity contribution in [1.82, 2.24) is 20.5 Å². The summed E-state index contributed by atoms with van der Waals surface area (Å²) in [7, 11) is 0. The summed E-state index contributed by atoms with van der Waals surface area (Å²) in [4.78, 5) is 32.8. The molecule has 2 aliphatic heterocycles. The molecular formula is C18H27N5O2. The van der Waals surface area contributed by atoms with Crippen molar-refractivity contribution in [2.24, 2.45) is 5.92 Å². The van der Waals surface area contributed by atoms with E-state index in [2.05, 4.69) is 20.5 Å². The quantitative estimate of drug-likeness (QED) is 0.799. The molecule has 3 rings (SSSR count). The lowest BCUT2D eigenvalue weighted by molar-refractivity contribution is -0.131. The molecule has 1 atom stereocenters. The molecule has 1 aromatic heterocycles. The van der Waals surface area contributed by atoms with Gasteiger partial charge in [-0.1, -0.05) is 6.07 Å². The summed E-state index contributed by atoms with van der Waals surface area (Å²) in [6.45, 7) is 5.16. The number of piperidine rings is 1. The maximum absolute atomic E-state index is 12.3. The van der Waals surface area contributed by atoms with E-state index in [0.717, 1.165) is 44.8 Å². The Balaban J connectivity index is 1.36. The lowest BCUT2D eigenvalue weighted by Crippen LogP contribution is -2.49. The minimum Gasteiger partial charge on any atom is -0.355 e. The highest BCUT2D eigenvalue weighted by molar-refractivity contribution is 5.80. The number of pyridine rings is 1. The van der Waals surface area contributed by atoms with E-state index in [1.807, 2.05) is 23.1 Å². The fraction of sp³-hybridized carbons (Fsp3) is 0.611. The Morgan fingerprint density at radius 3 is 2.76 bits per heavy atom. The number of nitrogens with zero attached hydrogens (tertiary/aromatic N) is 3. The van der Waals surface area contributed by atoms with Gasteiger partial charge in [-0.2, -0.15) is 0 Å². The van der Waals surface area contributed by atoms with E-state index >= 15 is 0 Å². The van der Waals surface area contributed by atoms with Crippen LogP contribution in [0, 0.1) is 5.92 Å². The van der Waals surface area contributed by atoms with Crippen molar-refractivity contribution in [3.8, 4) is 0 Å². The highest BCUT2D eigenvalue weighted by Crippen LogP contribution is 2.13. The number of amides is 2. The molecule has 0 saturated carbocycles. The van der Waals surface area contributed by atoms with Crippen LogP contribution in [-0.4, -0.2) is 67.5 Å². The predicted molar refractivity (Wildman–Crippen MR) is 96.3 cm³/mol. The van der Waals surface area contributed by atoms with Crippen molar-refractivity contribution >= 4 is 17.6 Å². The number of anilines is 1. The highest BCUT2D eigenvalue weighted by atomic mass is 16.2. The molecule has 7 heteroatoms. The van der Waals surface area contributed by atoms with Gasteiger partial charge < -0.3 is 20.4 Å². The Labute approximate surface area is 148 Å². The molecular weight excluding hydrogens is 318 g/mol. The maximum atomic E-state index is 12.3. The molecule has 2 fully saturated rings. The molecule has 0 aromatic carbocycles. The number of nitrogens with one attached hydrogen (secondary N) is 2. The molecule has 0 radical (unpaired) electrons. The van der Waals surface area contributed by atoms with Gasteiger partial charge in [0, 0.05) is 51.9 Å². The number of hydrogen-bond donors (Lipinski definition) is 2. The molecule has 25 heavy (non-hydrogen) atoms. The second kappa shape index (κ2) is 8.80. The lowest BCUT2D eigenvalue weighted by Gasteiger charge is -2.35. The van der Waals surface area contributed by atoms with Gasteiger partial charge in [0.25, 0.3) is 0 Å². The van der Waals surface area contributed by atoms with E-state index < -0.39 is 0 Å². The number of carbonyl (C=O) groups excluding carboxylic acids is 2. The van der Waals surface area contributed by atoms with Gasteiger partial charge in [0.15, 0.2) is 0 Å². The van der Waals surface area contributed by atoms with Gasteiger partial charge >= 0.3 is 0 Å². The van der Waals surface area contributed by atoms with Crippen LogP contribution in [0.1, 0.15) is 19.3 Å². The zero-order chi connectivity index (χ0) is 17.5. The molecule has 0 bridgehead atoms. The largest absolute Gasteiger partial charge is 0.355 e. The Hall–Kier alpha value is -2.15. The van der Waals surface area contributed by atoms with Crippen LogP contribution in [0.5, 0.6) is 0 Å². The monoisotopic (exact) mass is 345 g/mol. The van der Waals surface area contributed by atoms with Gasteiger partial charge in [-0.05, 0) is 31.5 Å². The highest BCUT2D eigenvalue weighted by Gasteiger charge is 2.23. The first-order valence-corrected chi connectivity index (χ1v) is 9.16. The first-order chi connectivity index (χ1) is 12.2. The van der Waals surface area contributed by atoms with Crippen molar-refractivity contribution in [2.75, 3.05) is 50.7 Å². The lowest BCUT2D eigenvalue weighted by atomic mass is 9.99. The van der Waals surface area contributed by atoms with E-state index in [4.69, 9.17) is 0 Å². The first kappa shape index (κ1) is 17.7. The number of piperazine rings is 1. The summed E-state index contributed by atoms with van der Waals surface area (Å²) in [5, 5.41) is 6.15. The van der Waals surface area contributed by atoms with Crippen LogP contribution < -0.4 is 15.5 Å². The molecule has 2 amide bonds. The van der Waals surface area contributed by atoms with Crippen LogP contribution in [0.2, 0.25) is 0 Å². The predicted octanol–water partition coefficient (Wildman–Crippen LogP) is 0.236. The Bertz CT molecular complexity index is 566. The minimum absolute atomic E-state index is 0.0470.